The molecule has 0 amide bonds. The third-order valence-electron chi connectivity index (χ3n) is 4.26. The Morgan fingerprint density at radius 1 is 1.41 bits per heavy atom. The SMILES string of the molecule is CCC1CNC(C)(C)CN1C1CCOC(C)C1. The van der Waals surface area contributed by atoms with Gasteiger partial charge in [-0.1, -0.05) is 6.92 Å². The van der Waals surface area contributed by atoms with Gasteiger partial charge in [-0.15, -0.1) is 0 Å². The van der Waals surface area contributed by atoms with Crippen LogP contribution in [0.5, 0.6) is 0 Å². The molecule has 0 aromatic carbocycles. The smallest absolute Gasteiger partial charge is 0.0561 e. The molecule has 2 heterocycles. The monoisotopic (exact) mass is 240 g/mol. The van der Waals surface area contributed by atoms with E-state index in [-0.39, 0.29) is 5.54 Å². The van der Waals surface area contributed by atoms with E-state index in [9.17, 15) is 0 Å². The zero-order chi connectivity index (χ0) is 12.5. The van der Waals surface area contributed by atoms with Crippen LogP contribution in [0, 0.1) is 0 Å². The van der Waals surface area contributed by atoms with Crippen LogP contribution < -0.4 is 5.32 Å². The summed E-state index contributed by atoms with van der Waals surface area (Å²) < 4.78 is 5.68. The van der Waals surface area contributed by atoms with Crippen molar-refractivity contribution < 1.29 is 4.74 Å². The van der Waals surface area contributed by atoms with E-state index in [0.29, 0.717) is 12.1 Å². The standard InChI is InChI=1S/C14H28N2O/c1-5-12-9-15-14(3,4)10-16(12)13-6-7-17-11(2)8-13/h11-13,15H,5-10H2,1-4H3. The van der Waals surface area contributed by atoms with E-state index in [1.54, 1.807) is 0 Å². The van der Waals surface area contributed by atoms with E-state index in [2.05, 4.69) is 37.9 Å². The Morgan fingerprint density at radius 3 is 2.82 bits per heavy atom. The highest BCUT2D eigenvalue weighted by molar-refractivity contribution is 4.95. The van der Waals surface area contributed by atoms with Gasteiger partial charge in [0.2, 0.25) is 0 Å². The number of ether oxygens (including phenoxy) is 1. The predicted octanol–water partition coefficient (Wildman–Crippen LogP) is 2.02. The third-order valence-corrected chi connectivity index (χ3v) is 4.26. The molecule has 0 saturated carbocycles. The van der Waals surface area contributed by atoms with Crippen LogP contribution in [0.25, 0.3) is 0 Å². The minimum Gasteiger partial charge on any atom is -0.378 e. The van der Waals surface area contributed by atoms with Crippen molar-refractivity contribution in [3.63, 3.8) is 0 Å². The number of nitrogens with one attached hydrogen (secondary N) is 1. The molecule has 0 radical (unpaired) electrons. The Balaban J connectivity index is 2.04. The average Bonchev–Trinajstić information content (AvgIpc) is 2.28. The second-order valence-corrected chi connectivity index (χ2v) is 6.36. The van der Waals surface area contributed by atoms with E-state index in [0.717, 1.165) is 19.2 Å². The zero-order valence-corrected chi connectivity index (χ0v) is 11.8. The van der Waals surface area contributed by atoms with Gasteiger partial charge in [-0.2, -0.15) is 0 Å². The van der Waals surface area contributed by atoms with Crippen molar-refractivity contribution in [2.45, 2.75) is 70.7 Å². The summed E-state index contributed by atoms with van der Waals surface area (Å²) >= 11 is 0. The highest BCUT2D eigenvalue weighted by Gasteiger charge is 2.36. The van der Waals surface area contributed by atoms with Crippen LogP contribution in [-0.4, -0.2) is 48.3 Å². The first-order valence-corrected chi connectivity index (χ1v) is 7.14. The van der Waals surface area contributed by atoms with Gasteiger partial charge in [0.1, 0.15) is 0 Å². The van der Waals surface area contributed by atoms with Crippen molar-refractivity contribution in [2.75, 3.05) is 19.7 Å². The maximum atomic E-state index is 5.68. The van der Waals surface area contributed by atoms with Gasteiger partial charge in [0.15, 0.2) is 0 Å². The Morgan fingerprint density at radius 2 is 2.18 bits per heavy atom. The molecule has 0 bridgehead atoms. The van der Waals surface area contributed by atoms with Crippen molar-refractivity contribution in [3.05, 3.63) is 0 Å². The minimum absolute atomic E-state index is 0.257. The maximum Gasteiger partial charge on any atom is 0.0561 e. The molecule has 100 valence electrons. The number of hydrogen-bond donors (Lipinski definition) is 1. The normalized spacial score (nSPS) is 39.2. The van der Waals surface area contributed by atoms with Crippen LogP contribution in [0.15, 0.2) is 0 Å². The molecule has 2 rings (SSSR count). The molecule has 2 aliphatic heterocycles. The van der Waals surface area contributed by atoms with Crippen LogP contribution in [0.2, 0.25) is 0 Å². The first kappa shape index (κ1) is 13.3. The fourth-order valence-electron chi connectivity index (χ4n) is 3.23. The molecule has 2 saturated heterocycles. The van der Waals surface area contributed by atoms with Crippen molar-refractivity contribution >= 4 is 0 Å². The Hall–Kier alpha value is -0.120. The molecule has 0 aliphatic carbocycles. The third kappa shape index (κ3) is 3.21. The van der Waals surface area contributed by atoms with Crippen LogP contribution in [0.3, 0.4) is 0 Å². The molecule has 3 unspecified atom stereocenters. The predicted molar refractivity (Wildman–Crippen MR) is 71.3 cm³/mol. The van der Waals surface area contributed by atoms with E-state index < -0.39 is 0 Å². The van der Waals surface area contributed by atoms with Crippen LogP contribution in [-0.2, 0) is 4.74 Å². The summed E-state index contributed by atoms with van der Waals surface area (Å²) in [5.74, 6) is 0. The lowest BCUT2D eigenvalue weighted by Crippen LogP contribution is -2.64. The molecule has 3 heteroatoms. The highest BCUT2D eigenvalue weighted by Crippen LogP contribution is 2.26. The van der Waals surface area contributed by atoms with Gasteiger partial charge in [0.25, 0.3) is 0 Å². The molecule has 1 N–H and O–H groups in total. The Bertz CT molecular complexity index is 255. The van der Waals surface area contributed by atoms with Crippen LogP contribution >= 0.6 is 0 Å². The molecule has 0 spiro atoms. The lowest BCUT2D eigenvalue weighted by Gasteiger charge is -2.49. The molecule has 0 aromatic rings. The zero-order valence-electron chi connectivity index (χ0n) is 11.8. The van der Waals surface area contributed by atoms with Gasteiger partial charge in [0, 0.05) is 37.3 Å². The van der Waals surface area contributed by atoms with E-state index in [4.69, 9.17) is 4.74 Å². The fraction of sp³-hybridized carbons (Fsp3) is 1.00. The first-order valence-electron chi connectivity index (χ1n) is 7.14. The number of nitrogens with zero attached hydrogens (tertiary/aromatic N) is 1. The maximum absolute atomic E-state index is 5.68. The molecular formula is C14H28N2O. The largest absolute Gasteiger partial charge is 0.378 e. The van der Waals surface area contributed by atoms with Crippen molar-refractivity contribution in [2.24, 2.45) is 0 Å². The van der Waals surface area contributed by atoms with Gasteiger partial charge in [0.05, 0.1) is 6.10 Å². The molecule has 17 heavy (non-hydrogen) atoms. The lowest BCUT2D eigenvalue weighted by atomic mass is 9.92. The topological polar surface area (TPSA) is 24.5 Å². The summed E-state index contributed by atoms with van der Waals surface area (Å²) in [4.78, 5) is 2.75. The Kier molecular flexibility index (Phi) is 4.11. The number of rotatable bonds is 2. The summed E-state index contributed by atoms with van der Waals surface area (Å²) in [6.07, 6.45) is 4.09. The van der Waals surface area contributed by atoms with Gasteiger partial charge in [-0.3, -0.25) is 4.90 Å². The molecule has 3 atom stereocenters. The van der Waals surface area contributed by atoms with Gasteiger partial charge in [-0.25, -0.2) is 0 Å². The van der Waals surface area contributed by atoms with Crippen LogP contribution in [0.1, 0.15) is 47.0 Å². The molecular weight excluding hydrogens is 212 g/mol. The van der Waals surface area contributed by atoms with Gasteiger partial charge < -0.3 is 10.1 Å². The second-order valence-electron chi connectivity index (χ2n) is 6.36. The van der Waals surface area contributed by atoms with Crippen molar-refractivity contribution in [1.29, 1.82) is 0 Å². The Labute approximate surface area is 106 Å². The molecule has 2 aliphatic rings. The average molecular weight is 240 g/mol. The quantitative estimate of drug-likeness (QED) is 0.799. The summed E-state index contributed by atoms with van der Waals surface area (Å²) in [7, 11) is 0. The molecule has 3 nitrogen and oxygen atoms in total. The number of hydrogen-bond acceptors (Lipinski definition) is 3. The molecule has 2 fully saturated rings. The van der Waals surface area contributed by atoms with E-state index in [1.807, 2.05) is 0 Å². The summed E-state index contributed by atoms with van der Waals surface area (Å²) in [6, 6.07) is 1.43. The fourth-order valence-corrected chi connectivity index (χ4v) is 3.23. The first-order chi connectivity index (χ1) is 8.02. The van der Waals surface area contributed by atoms with Gasteiger partial charge >= 0.3 is 0 Å². The van der Waals surface area contributed by atoms with Crippen molar-refractivity contribution in [1.82, 2.24) is 10.2 Å². The van der Waals surface area contributed by atoms with Crippen molar-refractivity contribution in [3.8, 4) is 0 Å². The summed E-state index contributed by atoms with van der Waals surface area (Å²) in [5, 5.41) is 3.67. The molecule has 0 aromatic heterocycles. The van der Waals surface area contributed by atoms with E-state index in [1.165, 1.54) is 25.8 Å². The second kappa shape index (κ2) is 5.25. The summed E-state index contributed by atoms with van der Waals surface area (Å²) in [6.45, 7) is 12.4. The van der Waals surface area contributed by atoms with E-state index >= 15 is 0 Å². The number of piperazine rings is 1. The highest BCUT2D eigenvalue weighted by atomic mass is 16.5. The summed E-state index contributed by atoms with van der Waals surface area (Å²) in [5.41, 5.74) is 0.257. The van der Waals surface area contributed by atoms with Crippen LogP contribution in [0.4, 0.5) is 0 Å². The lowest BCUT2D eigenvalue weighted by molar-refractivity contribution is -0.0449. The minimum atomic E-state index is 0.257. The van der Waals surface area contributed by atoms with Gasteiger partial charge in [-0.05, 0) is 40.0 Å².